The predicted molar refractivity (Wildman–Crippen MR) is 110 cm³/mol. The first-order chi connectivity index (χ1) is 13.6. The highest BCUT2D eigenvalue weighted by molar-refractivity contribution is 7.99. The Balaban J connectivity index is 1.58. The summed E-state index contributed by atoms with van der Waals surface area (Å²) >= 11 is 1.34. The van der Waals surface area contributed by atoms with E-state index in [1.165, 1.54) is 11.8 Å². The molecule has 0 aliphatic carbocycles. The summed E-state index contributed by atoms with van der Waals surface area (Å²) in [6.07, 6.45) is 0. The number of nitrogens with zero attached hydrogens (tertiary/aromatic N) is 3. The fourth-order valence-corrected chi connectivity index (χ4v) is 3.27. The number of thioether (sulfide) groups is 1. The lowest BCUT2D eigenvalue weighted by Gasteiger charge is -2.07. The second-order valence-corrected chi connectivity index (χ2v) is 6.83. The number of amides is 1. The van der Waals surface area contributed by atoms with Crippen molar-refractivity contribution in [3.05, 3.63) is 48.5 Å². The second-order valence-electron chi connectivity index (χ2n) is 5.89. The van der Waals surface area contributed by atoms with Gasteiger partial charge in [0, 0.05) is 18.3 Å². The van der Waals surface area contributed by atoms with Crippen LogP contribution in [-0.4, -0.2) is 40.1 Å². The molecular formula is C20H22N4O3S. The van der Waals surface area contributed by atoms with Crippen molar-refractivity contribution in [1.29, 1.82) is 0 Å². The first kappa shape index (κ1) is 19.8. The molecule has 0 unspecified atom stereocenters. The third kappa shape index (κ3) is 4.83. The van der Waals surface area contributed by atoms with E-state index in [1.807, 2.05) is 67.1 Å². The number of ether oxygens (including phenoxy) is 2. The first-order valence-electron chi connectivity index (χ1n) is 8.80. The predicted octanol–water partition coefficient (Wildman–Crippen LogP) is 3.62. The van der Waals surface area contributed by atoms with E-state index in [9.17, 15) is 4.79 Å². The molecular weight excluding hydrogens is 376 g/mol. The maximum absolute atomic E-state index is 12.2. The average Bonchev–Trinajstić information content (AvgIpc) is 3.08. The van der Waals surface area contributed by atoms with Gasteiger partial charge in [0.25, 0.3) is 0 Å². The SMILES string of the molecule is CCOc1ccc(NC(=O)CSc2nnc(-c3ccc(OC)cc3)n2C)cc1. The molecule has 0 aliphatic rings. The number of aromatic nitrogens is 3. The Morgan fingerprint density at radius 1 is 1.07 bits per heavy atom. The molecule has 0 radical (unpaired) electrons. The van der Waals surface area contributed by atoms with Crippen LogP contribution in [0, 0.1) is 0 Å². The number of rotatable bonds is 8. The van der Waals surface area contributed by atoms with Crippen molar-refractivity contribution in [2.24, 2.45) is 7.05 Å². The topological polar surface area (TPSA) is 78.3 Å². The number of nitrogens with one attached hydrogen (secondary N) is 1. The van der Waals surface area contributed by atoms with Crippen LogP contribution in [0.25, 0.3) is 11.4 Å². The van der Waals surface area contributed by atoms with Crippen molar-refractivity contribution in [3.8, 4) is 22.9 Å². The van der Waals surface area contributed by atoms with Crippen molar-refractivity contribution in [1.82, 2.24) is 14.8 Å². The Hall–Kier alpha value is -3.00. The second kappa shape index (κ2) is 9.27. The Morgan fingerprint density at radius 3 is 2.39 bits per heavy atom. The molecule has 3 aromatic rings. The number of methoxy groups -OCH3 is 1. The number of anilines is 1. The molecule has 1 amide bonds. The molecule has 1 aromatic heterocycles. The van der Waals surface area contributed by atoms with Gasteiger partial charge in [0.2, 0.25) is 5.91 Å². The van der Waals surface area contributed by atoms with E-state index in [0.29, 0.717) is 11.8 Å². The van der Waals surface area contributed by atoms with Crippen molar-refractivity contribution in [3.63, 3.8) is 0 Å². The molecule has 0 saturated heterocycles. The molecule has 0 bridgehead atoms. The standard InChI is InChI=1S/C20H22N4O3S/c1-4-27-17-11-7-15(8-12-17)21-18(25)13-28-20-23-22-19(24(20)2)14-5-9-16(26-3)10-6-14/h5-12H,4,13H2,1-3H3,(H,21,25). The summed E-state index contributed by atoms with van der Waals surface area (Å²) in [6.45, 7) is 2.54. The molecule has 1 heterocycles. The molecule has 0 atom stereocenters. The molecule has 7 nitrogen and oxygen atoms in total. The lowest BCUT2D eigenvalue weighted by Crippen LogP contribution is -2.14. The minimum absolute atomic E-state index is 0.108. The van der Waals surface area contributed by atoms with Gasteiger partial charge in [0.15, 0.2) is 11.0 Å². The van der Waals surface area contributed by atoms with E-state index in [2.05, 4.69) is 15.5 Å². The maximum Gasteiger partial charge on any atom is 0.234 e. The quantitative estimate of drug-likeness (QED) is 0.584. The van der Waals surface area contributed by atoms with Gasteiger partial charge in [-0.2, -0.15) is 0 Å². The third-order valence-electron chi connectivity index (χ3n) is 3.96. The maximum atomic E-state index is 12.2. The van der Waals surface area contributed by atoms with Crippen LogP contribution in [0.15, 0.2) is 53.7 Å². The molecule has 28 heavy (non-hydrogen) atoms. The minimum atomic E-state index is -0.108. The molecule has 146 valence electrons. The highest BCUT2D eigenvalue weighted by Gasteiger charge is 2.13. The number of benzene rings is 2. The van der Waals surface area contributed by atoms with Gasteiger partial charge in [-0.05, 0) is 55.5 Å². The molecule has 0 spiro atoms. The normalized spacial score (nSPS) is 10.5. The van der Waals surface area contributed by atoms with E-state index in [0.717, 1.165) is 28.6 Å². The summed E-state index contributed by atoms with van der Waals surface area (Å²) < 4.78 is 12.4. The van der Waals surface area contributed by atoms with Crippen molar-refractivity contribution in [2.45, 2.75) is 12.1 Å². The molecule has 1 N–H and O–H groups in total. The zero-order valence-corrected chi connectivity index (χ0v) is 16.8. The van der Waals surface area contributed by atoms with E-state index >= 15 is 0 Å². The molecule has 0 aliphatic heterocycles. The van der Waals surface area contributed by atoms with Crippen LogP contribution in [0.2, 0.25) is 0 Å². The van der Waals surface area contributed by atoms with Gasteiger partial charge in [0.05, 0.1) is 19.5 Å². The number of hydrogen-bond donors (Lipinski definition) is 1. The van der Waals surface area contributed by atoms with Gasteiger partial charge in [0.1, 0.15) is 11.5 Å². The molecule has 2 aromatic carbocycles. The van der Waals surface area contributed by atoms with Crippen LogP contribution in [0.5, 0.6) is 11.5 Å². The van der Waals surface area contributed by atoms with Crippen LogP contribution in [0.4, 0.5) is 5.69 Å². The zero-order valence-electron chi connectivity index (χ0n) is 16.0. The van der Waals surface area contributed by atoms with Gasteiger partial charge in [-0.25, -0.2) is 0 Å². The molecule has 0 saturated carbocycles. The summed E-state index contributed by atoms with van der Waals surface area (Å²) in [6, 6.07) is 14.9. The zero-order chi connectivity index (χ0) is 19.9. The van der Waals surface area contributed by atoms with E-state index < -0.39 is 0 Å². The lowest BCUT2D eigenvalue weighted by molar-refractivity contribution is -0.113. The van der Waals surface area contributed by atoms with E-state index in [-0.39, 0.29) is 11.7 Å². The summed E-state index contributed by atoms with van der Waals surface area (Å²) in [5.41, 5.74) is 1.66. The van der Waals surface area contributed by atoms with Crippen LogP contribution in [0.3, 0.4) is 0 Å². The Labute approximate surface area is 168 Å². The monoisotopic (exact) mass is 398 g/mol. The van der Waals surface area contributed by atoms with E-state index in [4.69, 9.17) is 9.47 Å². The van der Waals surface area contributed by atoms with E-state index in [1.54, 1.807) is 7.11 Å². The van der Waals surface area contributed by atoms with Crippen LogP contribution in [-0.2, 0) is 11.8 Å². The Bertz CT molecular complexity index is 924. The average molecular weight is 398 g/mol. The van der Waals surface area contributed by atoms with Crippen LogP contribution >= 0.6 is 11.8 Å². The third-order valence-corrected chi connectivity index (χ3v) is 4.98. The summed E-state index contributed by atoms with van der Waals surface area (Å²) in [5.74, 6) is 2.42. The smallest absolute Gasteiger partial charge is 0.234 e. The molecule has 0 fully saturated rings. The van der Waals surface area contributed by atoms with Crippen molar-refractivity contribution in [2.75, 3.05) is 24.8 Å². The lowest BCUT2D eigenvalue weighted by atomic mass is 10.2. The summed E-state index contributed by atoms with van der Waals surface area (Å²) in [5, 5.41) is 12.0. The fraction of sp³-hybridized carbons (Fsp3) is 0.250. The highest BCUT2D eigenvalue weighted by atomic mass is 32.2. The molecule has 8 heteroatoms. The Morgan fingerprint density at radius 2 is 1.75 bits per heavy atom. The number of carbonyl (C=O) groups is 1. The first-order valence-corrected chi connectivity index (χ1v) is 9.78. The molecule has 3 rings (SSSR count). The fourth-order valence-electron chi connectivity index (χ4n) is 2.56. The van der Waals surface area contributed by atoms with Crippen molar-refractivity contribution >= 4 is 23.4 Å². The van der Waals surface area contributed by atoms with Crippen LogP contribution in [0.1, 0.15) is 6.92 Å². The van der Waals surface area contributed by atoms with Crippen LogP contribution < -0.4 is 14.8 Å². The number of hydrogen-bond acceptors (Lipinski definition) is 6. The highest BCUT2D eigenvalue weighted by Crippen LogP contribution is 2.24. The van der Waals surface area contributed by atoms with Gasteiger partial charge in [-0.1, -0.05) is 11.8 Å². The summed E-state index contributed by atoms with van der Waals surface area (Å²) in [4.78, 5) is 12.2. The van der Waals surface area contributed by atoms with Gasteiger partial charge >= 0.3 is 0 Å². The van der Waals surface area contributed by atoms with Gasteiger partial charge < -0.3 is 19.4 Å². The minimum Gasteiger partial charge on any atom is -0.497 e. The van der Waals surface area contributed by atoms with Crippen molar-refractivity contribution < 1.29 is 14.3 Å². The van der Waals surface area contributed by atoms with Gasteiger partial charge in [-0.15, -0.1) is 10.2 Å². The number of carbonyl (C=O) groups excluding carboxylic acids is 1. The largest absolute Gasteiger partial charge is 0.497 e. The summed E-state index contributed by atoms with van der Waals surface area (Å²) in [7, 11) is 3.51. The van der Waals surface area contributed by atoms with Gasteiger partial charge in [-0.3, -0.25) is 4.79 Å². The Kier molecular flexibility index (Phi) is 6.54.